The molecule has 0 saturated heterocycles. The second-order valence-corrected chi connectivity index (χ2v) is 4.99. The zero-order valence-corrected chi connectivity index (χ0v) is 11.5. The third-order valence-corrected chi connectivity index (χ3v) is 3.24. The van der Waals surface area contributed by atoms with Crippen molar-refractivity contribution in [1.29, 1.82) is 0 Å². The summed E-state index contributed by atoms with van der Waals surface area (Å²) < 4.78 is 5.76. The first-order valence-corrected chi connectivity index (χ1v) is 6.70. The first kappa shape index (κ1) is 13.6. The average molecular weight is 255 g/mol. The summed E-state index contributed by atoms with van der Waals surface area (Å²) in [6.45, 7) is 3.94. The van der Waals surface area contributed by atoms with Crippen LogP contribution in [0.5, 0.6) is 5.75 Å². The van der Waals surface area contributed by atoms with E-state index in [0.717, 1.165) is 12.2 Å². The Labute approximate surface area is 115 Å². The molecule has 0 aliphatic carbocycles. The number of rotatable bonds is 5. The van der Waals surface area contributed by atoms with Gasteiger partial charge < -0.3 is 10.5 Å². The molecule has 0 saturated carbocycles. The van der Waals surface area contributed by atoms with Gasteiger partial charge >= 0.3 is 0 Å². The Hall–Kier alpha value is -1.80. The van der Waals surface area contributed by atoms with Crippen molar-refractivity contribution < 1.29 is 4.74 Å². The fourth-order valence-corrected chi connectivity index (χ4v) is 1.84. The summed E-state index contributed by atoms with van der Waals surface area (Å²) in [6, 6.07) is 18.7. The summed E-state index contributed by atoms with van der Waals surface area (Å²) in [5, 5.41) is 0. The number of hydrogen-bond donors (Lipinski definition) is 1. The van der Waals surface area contributed by atoms with Crippen LogP contribution < -0.4 is 10.5 Å². The van der Waals surface area contributed by atoms with Gasteiger partial charge in [-0.1, -0.05) is 42.5 Å². The molecule has 2 aromatic rings. The molecule has 1 unspecified atom stereocenters. The highest BCUT2D eigenvalue weighted by Gasteiger charge is 2.08. The standard InChI is InChI=1S/C17H21NO/c1-13(18)14(2)19-17-10-8-16(9-11-17)12-15-6-4-3-5-7-15/h3-11,13-14H,12,18H2,1-2H3/t13-,14?/m0/s1. The zero-order valence-electron chi connectivity index (χ0n) is 11.5. The minimum absolute atomic E-state index is 0.0278. The highest BCUT2D eigenvalue weighted by Crippen LogP contribution is 2.17. The van der Waals surface area contributed by atoms with Crippen LogP contribution in [-0.2, 0) is 6.42 Å². The predicted octanol–water partition coefficient (Wildman–Crippen LogP) is 3.39. The van der Waals surface area contributed by atoms with E-state index in [0.29, 0.717) is 0 Å². The predicted molar refractivity (Wildman–Crippen MR) is 79.4 cm³/mol. The van der Waals surface area contributed by atoms with Crippen molar-refractivity contribution in [3.05, 3.63) is 65.7 Å². The third-order valence-electron chi connectivity index (χ3n) is 3.24. The summed E-state index contributed by atoms with van der Waals surface area (Å²) in [5.41, 5.74) is 8.39. The molecule has 0 spiro atoms. The van der Waals surface area contributed by atoms with E-state index < -0.39 is 0 Å². The lowest BCUT2D eigenvalue weighted by atomic mass is 10.1. The molecule has 2 atom stereocenters. The molecule has 0 aliphatic heterocycles. The highest BCUT2D eigenvalue weighted by atomic mass is 16.5. The Balaban J connectivity index is 1.99. The molecule has 0 bridgehead atoms. The van der Waals surface area contributed by atoms with Crippen molar-refractivity contribution in [3.8, 4) is 5.75 Å². The fraction of sp³-hybridized carbons (Fsp3) is 0.294. The van der Waals surface area contributed by atoms with E-state index in [9.17, 15) is 0 Å². The van der Waals surface area contributed by atoms with Gasteiger partial charge in [-0.25, -0.2) is 0 Å². The van der Waals surface area contributed by atoms with Crippen molar-refractivity contribution in [3.63, 3.8) is 0 Å². The fourth-order valence-electron chi connectivity index (χ4n) is 1.84. The van der Waals surface area contributed by atoms with E-state index in [1.165, 1.54) is 11.1 Å². The summed E-state index contributed by atoms with van der Waals surface area (Å²) in [6.07, 6.45) is 0.976. The van der Waals surface area contributed by atoms with Gasteiger partial charge in [0.25, 0.3) is 0 Å². The SMILES string of the molecule is CC(Oc1ccc(Cc2ccccc2)cc1)[C@H](C)N. The van der Waals surface area contributed by atoms with Crippen molar-refractivity contribution in [2.45, 2.75) is 32.4 Å². The monoisotopic (exact) mass is 255 g/mol. The van der Waals surface area contributed by atoms with Crippen molar-refractivity contribution in [2.75, 3.05) is 0 Å². The minimum atomic E-state index is 0.0278. The number of nitrogens with two attached hydrogens (primary N) is 1. The average Bonchev–Trinajstić information content (AvgIpc) is 2.42. The summed E-state index contributed by atoms with van der Waals surface area (Å²) in [5.74, 6) is 0.876. The van der Waals surface area contributed by atoms with Gasteiger partial charge in [0, 0.05) is 6.04 Å². The summed E-state index contributed by atoms with van der Waals surface area (Å²) >= 11 is 0. The highest BCUT2D eigenvalue weighted by molar-refractivity contribution is 5.31. The maximum atomic E-state index is 5.79. The second kappa shape index (κ2) is 6.39. The van der Waals surface area contributed by atoms with Gasteiger partial charge in [0.15, 0.2) is 0 Å². The van der Waals surface area contributed by atoms with Crippen LogP contribution in [-0.4, -0.2) is 12.1 Å². The largest absolute Gasteiger partial charge is 0.489 e. The molecule has 2 heteroatoms. The molecule has 0 aliphatic rings. The van der Waals surface area contributed by atoms with Crippen molar-refractivity contribution in [1.82, 2.24) is 0 Å². The van der Waals surface area contributed by atoms with E-state index in [4.69, 9.17) is 10.5 Å². The molecule has 2 N–H and O–H groups in total. The molecule has 0 aromatic heterocycles. The Kier molecular flexibility index (Phi) is 4.58. The number of benzene rings is 2. The van der Waals surface area contributed by atoms with E-state index >= 15 is 0 Å². The molecule has 0 heterocycles. The molecule has 0 radical (unpaired) electrons. The molecule has 2 aromatic carbocycles. The zero-order chi connectivity index (χ0) is 13.7. The molecule has 0 fully saturated rings. The van der Waals surface area contributed by atoms with Crippen molar-refractivity contribution >= 4 is 0 Å². The number of ether oxygens (including phenoxy) is 1. The van der Waals surface area contributed by atoms with Crippen LogP contribution in [0.25, 0.3) is 0 Å². The molecular formula is C17H21NO. The second-order valence-electron chi connectivity index (χ2n) is 4.99. The van der Waals surface area contributed by atoms with Gasteiger partial charge in [0.05, 0.1) is 0 Å². The third kappa shape index (κ3) is 4.11. The van der Waals surface area contributed by atoms with Crippen LogP contribution in [0.4, 0.5) is 0 Å². The summed E-state index contributed by atoms with van der Waals surface area (Å²) in [7, 11) is 0. The lowest BCUT2D eigenvalue weighted by Gasteiger charge is -2.18. The van der Waals surface area contributed by atoms with E-state index in [2.05, 4.69) is 36.4 Å². The molecule has 0 amide bonds. The Bertz CT molecular complexity index is 490. The number of hydrogen-bond acceptors (Lipinski definition) is 2. The normalized spacial score (nSPS) is 13.8. The molecule has 2 rings (SSSR count). The quantitative estimate of drug-likeness (QED) is 0.888. The first-order valence-electron chi connectivity index (χ1n) is 6.70. The van der Waals surface area contributed by atoms with Gasteiger partial charge in [0.2, 0.25) is 0 Å². The van der Waals surface area contributed by atoms with Crippen LogP contribution in [0.15, 0.2) is 54.6 Å². The van der Waals surface area contributed by atoms with Crippen LogP contribution in [0.1, 0.15) is 25.0 Å². The minimum Gasteiger partial charge on any atom is -0.489 e. The van der Waals surface area contributed by atoms with E-state index in [1.807, 2.05) is 32.0 Å². The van der Waals surface area contributed by atoms with Gasteiger partial charge in [-0.2, -0.15) is 0 Å². The topological polar surface area (TPSA) is 35.2 Å². The van der Waals surface area contributed by atoms with Crippen molar-refractivity contribution in [2.24, 2.45) is 5.73 Å². The summed E-state index contributed by atoms with van der Waals surface area (Å²) in [4.78, 5) is 0. The Morgan fingerprint density at radius 1 is 0.895 bits per heavy atom. The maximum Gasteiger partial charge on any atom is 0.119 e. The van der Waals surface area contributed by atoms with Gasteiger partial charge in [-0.3, -0.25) is 0 Å². The lowest BCUT2D eigenvalue weighted by Crippen LogP contribution is -2.33. The Morgan fingerprint density at radius 3 is 2.05 bits per heavy atom. The van der Waals surface area contributed by atoms with Gasteiger partial charge in [-0.15, -0.1) is 0 Å². The van der Waals surface area contributed by atoms with E-state index in [1.54, 1.807) is 0 Å². The van der Waals surface area contributed by atoms with Gasteiger partial charge in [-0.05, 0) is 43.5 Å². The lowest BCUT2D eigenvalue weighted by molar-refractivity contribution is 0.196. The molecule has 100 valence electrons. The first-order chi connectivity index (χ1) is 9.15. The van der Waals surface area contributed by atoms with Crippen LogP contribution in [0.3, 0.4) is 0 Å². The van der Waals surface area contributed by atoms with Crippen LogP contribution in [0, 0.1) is 0 Å². The molecule has 19 heavy (non-hydrogen) atoms. The Morgan fingerprint density at radius 2 is 1.47 bits per heavy atom. The molecule has 2 nitrogen and oxygen atoms in total. The smallest absolute Gasteiger partial charge is 0.119 e. The van der Waals surface area contributed by atoms with Crippen LogP contribution >= 0.6 is 0 Å². The van der Waals surface area contributed by atoms with E-state index in [-0.39, 0.29) is 12.1 Å². The maximum absolute atomic E-state index is 5.79. The van der Waals surface area contributed by atoms with Gasteiger partial charge in [0.1, 0.15) is 11.9 Å². The molecular weight excluding hydrogens is 234 g/mol. The van der Waals surface area contributed by atoms with Crippen LogP contribution in [0.2, 0.25) is 0 Å².